The predicted molar refractivity (Wildman–Crippen MR) is 92.7 cm³/mol. The van der Waals surface area contributed by atoms with Crippen molar-refractivity contribution in [2.45, 2.75) is 26.6 Å². The van der Waals surface area contributed by atoms with E-state index < -0.39 is 0 Å². The molecular weight excluding hydrogens is 286 g/mol. The maximum Gasteiger partial charge on any atom is 0.246 e. The molecule has 3 heteroatoms. The zero-order valence-corrected chi connectivity index (χ0v) is 13.9. The van der Waals surface area contributed by atoms with E-state index in [-0.39, 0.29) is 11.7 Å². The summed E-state index contributed by atoms with van der Waals surface area (Å²) in [6.45, 7) is 6.56. The molecule has 3 nitrogen and oxygen atoms in total. The molecule has 3 rings (SSSR count). The molecule has 23 heavy (non-hydrogen) atoms. The molecule has 1 aliphatic heterocycles. The fourth-order valence-corrected chi connectivity index (χ4v) is 3.06. The van der Waals surface area contributed by atoms with Gasteiger partial charge in [0.05, 0.1) is 0 Å². The van der Waals surface area contributed by atoms with Crippen molar-refractivity contribution in [1.82, 2.24) is 5.32 Å². The fourth-order valence-electron chi connectivity index (χ4n) is 3.06. The van der Waals surface area contributed by atoms with Gasteiger partial charge in [-0.05, 0) is 49.7 Å². The second kappa shape index (κ2) is 7.05. The van der Waals surface area contributed by atoms with Gasteiger partial charge in [0.15, 0.2) is 0 Å². The normalized spacial score (nSPS) is 18.1. The first-order valence-electron chi connectivity index (χ1n) is 8.30. The van der Waals surface area contributed by atoms with E-state index in [4.69, 9.17) is 9.47 Å². The maximum atomic E-state index is 6.25. The lowest BCUT2D eigenvalue weighted by atomic mass is 9.77. The van der Waals surface area contributed by atoms with Crippen molar-refractivity contribution >= 4 is 0 Å². The van der Waals surface area contributed by atoms with Gasteiger partial charge in [-0.1, -0.05) is 50.2 Å². The van der Waals surface area contributed by atoms with Crippen LogP contribution in [-0.2, 0) is 0 Å². The molecule has 0 unspecified atom stereocenters. The average Bonchev–Trinajstić information content (AvgIpc) is 3.11. The minimum atomic E-state index is -0.336. The van der Waals surface area contributed by atoms with Crippen LogP contribution in [0.4, 0.5) is 0 Å². The van der Waals surface area contributed by atoms with Crippen LogP contribution in [-0.4, -0.2) is 19.4 Å². The van der Waals surface area contributed by atoms with Crippen molar-refractivity contribution in [3.63, 3.8) is 0 Å². The number of para-hydroxylation sites is 2. The van der Waals surface area contributed by atoms with E-state index in [0.717, 1.165) is 31.0 Å². The second-order valence-electron chi connectivity index (χ2n) is 6.70. The quantitative estimate of drug-likeness (QED) is 0.815. The van der Waals surface area contributed by atoms with Crippen LogP contribution in [0, 0.1) is 11.3 Å². The lowest BCUT2D eigenvalue weighted by Crippen LogP contribution is -2.45. The van der Waals surface area contributed by atoms with Gasteiger partial charge in [0.25, 0.3) is 0 Å². The second-order valence-corrected chi connectivity index (χ2v) is 6.70. The summed E-state index contributed by atoms with van der Waals surface area (Å²) in [4.78, 5) is 0. The molecule has 0 aromatic heterocycles. The van der Waals surface area contributed by atoms with E-state index in [1.165, 1.54) is 0 Å². The van der Waals surface area contributed by atoms with Gasteiger partial charge >= 0.3 is 0 Å². The fraction of sp³-hybridized carbons (Fsp3) is 0.400. The minimum Gasteiger partial charge on any atom is -0.454 e. The summed E-state index contributed by atoms with van der Waals surface area (Å²) in [7, 11) is 0. The van der Waals surface area contributed by atoms with Crippen molar-refractivity contribution in [3.05, 3.63) is 60.7 Å². The zero-order valence-electron chi connectivity index (χ0n) is 13.9. The first-order valence-corrected chi connectivity index (χ1v) is 8.30. The minimum absolute atomic E-state index is 0.102. The van der Waals surface area contributed by atoms with Crippen LogP contribution in [0.5, 0.6) is 11.5 Å². The van der Waals surface area contributed by atoms with Gasteiger partial charge in [-0.3, -0.25) is 0 Å². The summed E-state index contributed by atoms with van der Waals surface area (Å²) >= 11 is 0. The summed E-state index contributed by atoms with van der Waals surface area (Å²) < 4.78 is 12.5. The highest BCUT2D eigenvalue weighted by Crippen LogP contribution is 2.37. The average molecular weight is 311 g/mol. The SMILES string of the molecule is CC(C)(C(Oc1ccccc1)Oc1ccccc1)[C@@H]1CCNC1. The van der Waals surface area contributed by atoms with E-state index in [1.807, 2.05) is 60.7 Å². The van der Waals surface area contributed by atoms with Crippen LogP contribution in [0.25, 0.3) is 0 Å². The Morgan fingerprint density at radius 2 is 1.43 bits per heavy atom. The molecule has 1 aliphatic rings. The number of nitrogens with one attached hydrogen (secondary N) is 1. The number of benzene rings is 2. The van der Waals surface area contributed by atoms with E-state index in [0.29, 0.717) is 5.92 Å². The van der Waals surface area contributed by atoms with E-state index >= 15 is 0 Å². The van der Waals surface area contributed by atoms with Gasteiger partial charge in [0.2, 0.25) is 6.29 Å². The van der Waals surface area contributed by atoms with E-state index in [2.05, 4.69) is 19.2 Å². The summed E-state index contributed by atoms with van der Waals surface area (Å²) in [6.07, 6.45) is 0.817. The Labute approximate surface area is 138 Å². The molecule has 0 radical (unpaired) electrons. The van der Waals surface area contributed by atoms with Gasteiger partial charge in [-0.15, -0.1) is 0 Å². The molecule has 0 bridgehead atoms. The Kier molecular flexibility index (Phi) is 4.87. The third-order valence-electron chi connectivity index (χ3n) is 4.69. The molecule has 0 spiro atoms. The number of rotatable bonds is 6. The number of hydrogen-bond donors (Lipinski definition) is 1. The highest BCUT2D eigenvalue weighted by molar-refractivity contribution is 5.23. The molecular formula is C20H25NO2. The Morgan fingerprint density at radius 1 is 0.913 bits per heavy atom. The lowest BCUT2D eigenvalue weighted by Gasteiger charge is -2.38. The molecule has 0 amide bonds. The van der Waals surface area contributed by atoms with Crippen molar-refractivity contribution in [2.75, 3.05) is 13.1 Å². The molecule has 122 valence electrons. The molecule has 2 aromatic carbocycles. The number of ether oxygens (including phenoxy) is 2. The number of hydrogen-bond acceptors (Lipinski definition) is 3. The van der Waals surface area contributed by atoms with Crippen LogP contribution >= 0.6 is 0 Å². The summed E-state index contributed by atoms with van der Waals surface area (Å²) in [5, 5.41) is 3.45. The van der Waals surface area contributed by atoms with Gasteiger partial charge in [-0.25, -0.2) is 0 Å². The highest BCUT2D eigenvalue weighted by atomic mass is 16.7. The van der Waals surface area contributed by atoms with Crippen molar-refractivity contribution in [1.29, 1.82) is 0 Å². The van der Waals surface area contributed by atoms with Gasteiger partial charge in [0, 0.05) is 5.41 Å². The Morgan fingerprint density at radius 3 is 1.87 bits per heavy atom. The Balaban J connectivity index is 1.83. The van der Waals surface area contributed by atoms with E-state index in [9.17, 15) is 0 Å². The molecule has 1 fully saturated rings. The van der Waals surface area contributed by atoms with E-state index in [1.54, 1.807) is 0 Å². The van der Waals surface area contributed by atoms with Crippen LogP contribution in [0.1, 0.15) is 20.3 Å². The summed E-state index contributed by atoms with van der Waals surface area (Å²) in [5.41, 5.74) is -0.102. The monoisotopic (exact) mass is 311 g/mol. The van der Waals surface area contributed by atoms with Crippen LogP contribution in [0.3, 0.4) is 0 Å². The highest BCUT2D eigenvalue weighted by Gasteiger charge is 2.42. The topological polar surface area (TPSA) is 30.5 Å². The van der Waals surface area contributed by atoms with Crippen molar-refractivity contribution < 1.29 is 9.47 Å². The van der Waals surface area contributed by atoms with Crippen molar-refractivity contribution in [3.8, 4) is 11.5 Å². The Bertz CT molecular complexity index is 550. The standard InChI is InChI=1S/C20H25NO2/c1-20(2,16-13-14-21-15-16)19(22-17-9-5-3-6-10-17)23-18-11-7-4-8-12-18/h3-12,16,19,21H,13-15H2,1-2H3/t16-/m1/s1. The third kappa shape index (κ3) is 3.85. The predicted octanol–water partition coefficient (Wildman–Crippen LogP) is 4.11. The zero-order chi connectivity index (χ0) is 16.1. The molecule has 1 atom stereocenters. The first kappa shape index (κ1) is 15.9. The molecule has 1 N–H and O–H groups in total. The molecule has 1 saturated heterocycles. The van der Waals surface area contributed by atoms with Gasteiger partial charge < -0.3 is 14.8 Å². The van der Waals surface area contributed by atoms with Crippen LogP contribution in [0.15, 0.2) is 60.7 Å². The Hall–Kier alpha value is -2.00. The molecule has 0 saturated carbocycles. The van der Waals surface area contributed by atoms with Crippen LogP contribution in [0.2, 0.25) is 0 Å². The van der Waals surface area contributed by atoms with Crippen LogP contribution < -0.4 is 14.8 Å². The first-order chi connectivity index (χ1) is 11.2. The summed E-state index contributed by atoms with van der Waals surface area (Å²) in [6, 6.07) is 19.8. The maximum absolute atomic E-state index is 6.25. The molecule has 0 aliphatic carbocycles. The van der Waals surface area contributed by atoms with Crippen molar-refractivity contribution in [2.24, 2.45) is 11.3 Å². The lowest BCUT2D eigenvalue weighted by molar-refractivity contribution is -0.103. The van der Waals surface area contributed by atoms with Gasteiger partial charge in [-0.2, -0.15) is 0 Å². The summed E-state index contributed by atoms with van der Waals surface area (Å²) in [5.74, 6) is 2.21. The smallest absolute Gasteiger partial charge is 0.246 e. The molecule has 2 aromatic rings. The third-order valence-corrected chi connectivity index (χ3v) is 4.69. The molecule has 1 heterocycles. The van der Waals surface area contributed by atoms with Gasteiger partial charge in [0.1, 0.15) is 11.5 Å². The largest absolute Gasteiger partial charge is 0.454 e.